The van der Waals surface area contributed by atoms with Gasteiger partial charge in [0.25, 0.3) is 0 Å². The summed E-state index contributed by atoms with van der Waals surface area (Å²) in [5.74, 6) is -0.268. The molecule has 0 aromatic heterocycles. The second kappa shape index (κ2) is 33.0. The Morgan fingerprint density at radius 1 is 0.534 bits per heavy atom. The van der Waals surface area contributed by atoms with E-state index in [1.807, 2.05) is 0 Å². The Balaban J connectivity index is 2.63. The molecule has 0 saturated heterocycles. The first-order chi connectivity index (χ1) is 27.6. The van der Waals surface area contributed by atoms with E-state index in [1.54, 1.807) is 0 Å². The third-order valence-corrected chi connectivity index (χ3v) is 12.1. The van der Waals surface area contributed by atoms with Crippen molar-refractivity contribution >= 4 is 40.2 Å². The standard InChI is InChI=1S/C39H76O16P2S/c1-2-3-4-5-6-7-8-9-11-15-18-21-24-27-33(41)53-31(29-51-32(40)26-23-20-17-14-12-10-13-16-19-22-25-28-58)30-52-57(49,50)55-39-36(44)34(42)35(43)38(37(39)45)54-56(46,47)48/h31,34-39,42-45,58H,2-30H2,1H3,(H,49,50)(H2,46,47,48)/t31-,34-,35?,36-,37?,38+,39?/m1/s1. The van der Waals surface area contributed by atoms with Crippen molar-refractivity contribution < 1.29 is 76.9 Å². The molecular weight excluding hydrogens is 818 g/mol. The number of hydrogen-bond donors (Lipinski definition) is 8. The highest BCUT2D eigenvalue weighted by atomic mass is 32.1. The lowest BCUT2D eigenvalue weighted by molar-refractivity contribution is -0.216. The zero-order valence-corrected chi connectivity index (χ0v) is 37.4. The van der Waals surface area contributed by atoms with E-state index in [0.717, 1.165) is 63.5 Å². The molecule has 0 heterocycles. The predicted molar refractivity (Wildman–Crippen MR) is 222 cm³/mol. The Morgan fingerprint density at radius 2 is 0.931 bits per heavy atom. The number of rotatable bonds is 37. The van der Waals surface area contributed by atoms with Gasteiger partial charge in [-0.15, -0.1) is 0 Å². The van der Waals surface area contributed by atoms with Crippen LogP contribution in [0.25, 0.3) is 0 Å². The molecule has 344 valence electrons. The van der Waals surface area contributed by atoms with Crippen LogP contribution in [0.3, 0.4) is 0 Å². The summed E-state index contributed by atoms with van der Waals surface area (Å²) in [4.78, 5) is 54.0. The number of aliphatic hydroxyl groups excluding tert-OH is 4. The molecule has 58 heavy (non-hydrogen) atoms. The van der Waals surface area contributed by atoms with E-state index < -0.39 is 83.5 Å². The zero-order chi connectivity index (χ0) is 43.2. The van der Waals surface area contributed by atoms with Crippen LogP contribution in [0.15, 0.2) is 0 Å². The minimum atomic E-state index is -5.36. The summed E-state index contributed by atoms with van der Waals surface area (Å²) in [5.41, 5.74) is 0. The summed E-state index contributed by atoms with van der Waals surface area (Å²) in [5, 5.41) is 41.1. The van der Waals surface area contributed by atoms with Crippen molar-refractivity contribution in [2.24, 2.45) is 0 Å². The van der Waals surface area contributed by atoms with Crippen molar-refractivity contribution in [3.8, 4) is 0 Å². The number of esters is 2. The number of phosphoric acid groups is 2. The highest BCUT2D eigenvalue weighted by Crippen LogP contribution is 2.49. The van der Waals surface area contributed by atoms with Crippen LogP contribution in [0, 0.1) is 0 Å². The molecule has 4 unspecified atom stereocenters. The highest BCUT2D eigenvalue weighted by molar-refractivity contribution is 7.80. The van der Waals surface area contributed by atoms with Crippen molar-refractivity contribution in [1.29, 1.82) is 0 Å². The third-order valence-electron chi connectivity index (χ3n) is 10.2. The smallest absolute Gasteiger partial charge is 0.462 e. The minimum Gasteiger partial charge on any atom is -0.462 e. The van der Waals surface area contributed by atoms with Gasteiger partial charge in [0.15, 0.2) is 6.10 Å². The summed E-state index contributed by atoms with van der Waals surface area (Å²) in [6.45, 7) is 0.880. The topological polar surface area (TPSA) is 256 Å². The van der Waals surface area contributed by atoms with Crippen LogP contribution >= 0.6 is 28.3 Å². The first kappa shape index (κ1) is 55.4. The van der Waals surface area contributed by atoms with Crippen LogP contribution in [0.4, 0.5) is 0 Å². The van der Waals surface area contributed by atoms with E-state index in [1.165, 1.54) is 83.5 Å². The molecule has 0 aromatic rings. The average molecular weight is 895 g/mol. The molecule has 0 bridgehead atoms. The van der Waals surface area contributed by atoms with Crippen LogP contribution in [0.1, 0.15) is 174 Å². The van der Waals surface area contributed by atoms with Gasteiger partial charge in [0.2, 0.25) is 0 Å². The fourth-order valence-electron chi connectivity index (χ4n) is 6.83. The van der Waals surface area contributed by atoms with E-state index in [0.29, 0.717) is 12.8 Å². The van der Waals surface area contributed by atoms with Crippen LogP contribution in [-0.2, 0) is 41.8 Å². The fraction of sp³-hybridized carbons (Fsp3) is 0.949. The van der Waals surface area contributed by atoms with Gasteiger partial charge in [0.1, 0.15) is 43.2 Å². The molecule has 0 aromatic carbocycles. The van der Waals surface area contributed by atoms with Crippen LogP contribution in [0.5, 0.6) is 0 Å². The number of aliphatic hydroxyl groups is 4. The first-order valence-corrected chi connectivity index (χ1v) is 25.4. The van der Waals surface area contributed by atoms with Gasteiger partial charge < -0.3 is 44.6 Å². The van der Waals surface area contributed by atoms with Gasteiger partial charge in [-0.25, -0.2) is 9.13 Å². The number of ether oxygens (including phenoxy) is 2. The molecule has 1 rings (SSSR count). The summed E-state index contributed by atoms with van der Waals surface area (Å²) in [7, 11) is -10.7. The summed E-state index contributed by atoms with van der Waals surface area (Å²) >= 11 is 4.24. The quantitative estimate of drug-likeness (QED) is 0.0136. The van der Waals surface area contributed by atoms with Crippen LogP contribution in [0.2, 0.25) is 0 Å². The number of carbonyl (C=O) groups is 2. The lowest BCUT2D eigenvalue weighted by Crippen LogP contribution is -2.64. The van der Waals surface area contributed by atoms with E-state index in [9.17, 15) is 44.0 Å². The minimum absolute atomic E-state index is 0.0488. The Bertz CT molecular complexity index is 1160. The first-order valence-electron chi connectivity index (χ1n) is 21.7. The highest BCUT2D eigenvalue weighted by Gasteiger charge is 2.54. The van der Waals surface area contributed by atoms with Gasteiger partial charge in [-0.3, -0.25) is 23.2 Å². The molecule has 19 heteroatoms. The number of hydrogen-bond acceptors (Lipinski definition) is 14. The van der Waals surface area contributed by atoms with Crippen molar-refractivity contribution in [1.82, 2.24) is 0 Å². The molecule has 8 atom stereocenters. The average Bonchev–Trinajstić information content (AvgIpc) is 3.17. The molecule has 1 aliphatic carbocycles. The summed E-state index contributed by atoms with van der Waals surface area (Å²) in [6, 6.07) is 0. The molecule has 1 aliphatic rings. The Morgan fingerprint density at radius 3 is 1.36 bits per heavy atom. The van der Waals surface area contributed by atoms with Crippen molar-refractivity contribution in [3.05, 3.63) is 0 Å². The van der Waals surface area contributed by atoms with Crippen molar-refractivity contribution in [2.75, 3.05) is 19.0 Å². The Kier molecular flexibility index (Phi) is 31.5. The normalized spacial score (nSPS) is 22.7. The molecule has 1 saturated carbocycles. The van der Waals surface area contributed by atoms with E-state index in [2.05, 4.69) is 24.1 Å². The van der Waals surface area contributed by atoms with Crippen LogP contribution < -0.4 is 0 Å². The van der Waals surface area contributed by atoms with Gasteiger partial charge in [-0.1, -0.05) is 142 Å². The molecular formula is C39H76O16P2S. The predicted octanol–water partition coefficient (Wildman–Crippen LogP) is 6.97. The van der Waals surface area contributed by atoms with Gasteiger partial charge in [0.05, 0.1) is 6.61 Å². The number of unbranched alkanes of at least 4 members (excludes halogenated alkanes) is 22. The molecule has 0 spiro atoms. The van der Waals surface area contributed by atoms with Gasteiger partial charge in [0, 0.05) is 12.8 Å². The van der Waals surface area contributed by atoms with E-state index >= 15 is 0 Å². The molecule has 1 fully saturated rings. The largest absolute Gasteiger partial charge is 0.472 e. The number of thiol groups is 1. The fourth-order valence-corrected chi connectivity index (χ4v) is 8.59. The monoisotopic (exact) mass is 894 g/mol. The molecule has 16 nitrogen and oxygen atoms in total. The lowest BCUT2D eigenvalue weighted by atomic mass is 9.85. The maximum Gasteiger partial charge on any atom is 0.472 e. The number of phosphoric ester groups is 2. The molecule has 0 radical (unpaired) electrons. The van der Waals surface area contributed by atoms with Gasteiger partial charge in [-0.2, -0.15) is 12.6 Å². The number of carbonyl (C=O) groups excluding carboxylic acids is 2. The summed E-state index contributed by atoms with van der Waals surface area (Å²) < 4.78 is 49.2. The third kappa shape index (κ3) is 27.3. The molecule has 7 N–H and O–H groups in total. The second-order valence-electron chi connectivity index (χ2n) is 15.5. The summed E-state index contributed by atoms with van der Waals surface area (Å²) in [6.07, 6.45) is 11.9. The Labute approximate surface area is 351 Å². The van der Waals surface area contributed by atoms with Gasteiger partial charge >= 0.3 is 27.6 Å². The second-order valence-corrected chi connectivity index (χ2v) is 18.6. The van der Waals surface area contributed by atoms with Crippen molar-refractivity contribution in [3.63, 3.8) is 0 Å². The molecule has 0 amide bonds. The van der Waals surface area contributed by atoms with E-state index in [-0.39, 0.29) is 12.8 Å². The van der Waals surface area contributed by atoms with E-state index in [4.69, 9.17) is 28.3 Å². The zero-order valence-electron chi connectivity index (χ0n) is 34.7. The lowest BCUT2D eigenvalue weighted by Gasteiger charge is -2.43. The van der Waals surface area contributed by atoms with Crippen molar-refractivity contribution in [2.45, 2.75) is 217 Å². The van der Waals surface area contributed by atoms with Crippen LogP contribution in [-0.4, -0.2) is 109 Å². The maximum atomic E-state index is 12.9. The maximum absolute atomic E-state index is 12.9. The Hall–Kier alpha value is -0.650. The SMILES string of the molecule is CCCCCCCCCCCCCCCC(=O)O[C@H](COC(=O)CCCCCCCCCCCCCS)COP(=O)(O)OC1C(O)[C@@H](OP(=O)(O)O)C(O)[C@@H](O)[C@H]1O. The van der Waals surface area contributed by atoms with Gasteiger partial charge in [-0.05, 0) is 25.0 Å². The molecule has 0 aliphatic heterocycles.